The fourth-order valence-electron chi connectivity index (χ4n) is 4.82. The molecular formula is C32H18FN3. The van der Waals surface area contributed by atoms with Crippen LogP contribution in [0.3, 0.4) is 0 Å². The minimum absolute atomic E-state index is 0.139. The van der Waals surface area contributed by atoms with E-state index in [1.807, 2.05) is 60.7 Å². The van der Waals surface area contributed by atoms with E-state index in [9.17, 15) is 14.9 Å². The highest BCUT2D eigenvalue weighted by atomic mass is 19.1. The number of hydrogen-bond donors (Lipinski definition) is 0. The lowest BCUT2D eigenvalue weighted by Gasteiger charge is -2.10. The Morgan fingerprint density at radius 1 is 0.528 bits per heavy atom. The number of para-hydroxylation sites is 1. The van der Waals surface area contributed by atoms with Gasteiger partial charge in [0.15, 0.2) is 5.82 Å². The number of hydrogen-bond acceptors (Lipinski definition) is 2. The van der Waals surface area contributed by atoms with E-state index < -0.39 is 5.82 Å². The van der Waals surface area contributed by atoms with Crippen LogP contribution in [-0.4, -0.2) is 4.57 Å². The van der Waals surface area contributed by atoms with Crippen molar-refractivity contribution in [2.24, 2.45) is 0 Å². The van der Waals surface area contributed by atoms with E-state index in [1.54, 1.807) is 0 Å². The Labute approximate surface area is 207 Å². The molecule has 0 spiro atoms. The first-order valence-corrected chi connectivity index (χ1v) is 11.5. The van der Waals surface area contributed by atoms with Crippen LogP contribution in [0.2, 0.25) is 0 Å². The van der Waals surface area contributed by atoms with Gasteiger partial charge in [-0.1, -0.05) is 66.7 Å². The van der Waals surface area contributed by atoms with Gasteiger partial charge in [-0.15, -0.1) is 0 Å². The Morgan fingerprint density at radius 2 is 1.14 bits per heavy atom. The van der Waals surface area contributed by atoms with Crippen LogP contribution < -0.4 is 0 Å². The summed E-state index contributed by atoms with van der Waals surface area (Å²) in [6.45, 7) is 0. The average molecular weight is 464 g/mol. The SMILES string of the molecule is N#Cc1cc(-c2ccc3c4cc(-c5ccccc5)ccc4n(-c4ccccc4)c3c2)cc(C#N)c1F. The van der Waals surface area contributed by atoms with Gasteiger partial charge in [0.1, 0.15) is 12.1 Å². The number of benzene rings is 5. The van der Waals surface area contributed by atoms with E-state index in [0.717, 1.165) is 44.2 Å². The monoisotopic (exact) mass is 463 g/mol. The highest BCUT2D eigenvalue weighted by molar-refractivity contribution is 6.11. The largest absolute Gasteiger partial charge is 0.309 e. The van der Waals surface area contributed by atoms with Crippen LogP contribution in [0.1, 0.15) is 11.1 Å². The fourth-order valence-corrected chi connectivity index (χ4v) is 4.82. The molecule has 4 heteroatoms. The van der Waals surface area contributed by atoms with Crippen LogP contribution in [-0.2, 0) is 0 Å². The average Bonchev–Trinajstić information content (AvgIpc) is 3.27. The third-order valence-corrected chi connectivity index (χ3v) is 6.53. The van der Waals surface area contributed by atoms with Gasteiger partial charge in [-0.2, -0.15) is 10.5 Å². The standard InChI is InChI=1S/C32H18FN3/c33-32-25(19-34)15-24(16-26(32)20-35)23-11-13-28-29-17-22(21-7-3-1-4-8-21)12-14-30(29)36(31(28)18-23)27-9-5-2-6-10-27/h1-18H. The van der Waals surface area contributed by atoms with Gasteiger partial charge in [0, 0.05) is 16.5 Å². The van der Waals surface area contributed by atoms with Crippen LogP contribution in [0, 0.1) is 28.5 Å². The molecule has 0 aliphatic carbocycles. The first-order chi connectivity index (χ1) is 17.7. The molecule has 168 valence electrons. The Morgan fingerprint density at radius 3 is 1.81 bits per heavy atom. The molecule has 0 amide bonds. The molecule has 0 aliphatic rings. The Hall–Kier alpha value is -5.19. The van der Waals surface area contributed by atoms with E-state index >= 15 is 0 Å². The van der Waals surface area contributed by atoms with Gasteiger partial charge in [-0.3, -0.25) is 0 Å². The number of nitriles is 2. The number of halogens is 1. The van der Waals surface area contributed by atoms with E-state index in [4.69, 9.17) is 0 Å². The van der Waals surface area contributed by atoms with Crippen LogP contribution >= 0.6 is 0 Å². The van der Waals surface area contributed by atoms with Crippen LogP contribution in [0.5, 0.6) is 0 Å². The molecule has 6 aromatic rings. The van der Waals surface area contributed by atoms with Crippen molar-refractivity contribution in [2.75, 3.05) is 0 Å². The second-order valence-electron chi connectivity index (χ2n) is 8.61. The van der Waals surface area contributed by atoms with E-state index in [-0.39, 0.29) is 11.1 Å². The second-order valence-corrected chi connectivity index (χ2v) is 8.61. The molecule has 0 atom stereocenters. The summed E-state index contributed by atoms with van der Waals surface area (Å²) >= 11 is 0. The van der Waals surface area contributed by atoms with Gasteiger partial charge < -0.3 is 4.57 Å². The minimum Gasteiger partial charge on any atom is -0.309 e. The smallest absolute Gasteiger partial charge is 0.158 e. The highest BCUT2D eigenvalue weighted by Crippen LogP contribution is 2.37. The van der Waals surface area contributed by atoms with E-state index in [2.05, 4.69) is 53.1 Å². The molecule has 36 heavy (non-hydrogen) atoms. The van der Waals surface area contributed by atoms with E-state index in [1.165, 1.54) is 12.1 Å². The summed E-state index contributed by atoms with van der Waals surface area (Å²) in [5.41, 5.74) is 6.52. The van der Waals surface area contributed by atoms with Gasteiger partial charge in [-0.05, 0) is 64.7 Å². The van der Waals surface area contributed by atoms with Gasteiger partial charge in [-0.25, -0.2) is 4.39 Å². The number of nitrogens with zero attached hydrogens (tertiary/aromatic N) is 3. The Balaban J connectivity index is 1.65. The predicted molar refractivity (Wildman–Crippen MR) is 141 cm³/mol. The normalized spacial score (nSPS) is 10.9. The van der Waals surface area contributed by atoms with Crippen molar-refractivity contribution < 1.29 is 4.39 Å². The molecule has 0 saturated carbocycles. The maximum absolute atomic E-state index is 14.4. The lowest BCUT2D eigenvalue weighted by Crippen LogP contribution is -1.94. The summed E-state index contributed by atoms with van der Waals surface area (Å²) in [6, 6.07) is 39.7. The van der Waals surface area contributed by atoms with Crippen molar-refractivity contribution in [1.29, 1.82) is 10.5 Å². The van der Waals surface area contributed by atoms with Crippen molar-refractivity contribution in [3.63, 3.8) is 0 Å². The topological polar surface area (TPSA) is 52.5 Å². The Kier molecular flexibility index (Phi) is 5.07. The molecule has 0 fully saturated rings. The van der Waals surface area contributed by atoms with Crippen molar-refractivity contribution >= 4 is 21.8 Å². The molecule has 1 aromatic heterocycles. The predicted octanol–water partition coefficient (Wildman–Crippen LogP) is 8.00. The molecule has 0 aliphatic heterocycles. The Bertz CT molecular complexity index is 1820. The van der Waals surface area contributed by atoms with Crippen molar-refractivity contribution in [1.82, 2.24) is 4.57 Å². The number of aromatic nitrogens is 1. The summed E-state index contributed by atoms with van der Waals surface area (Å²) in [7, 11) is 0. The summed E-state index contributed by atoms with van der Waals surface area (Å²) in [5.74, 6) is -0.781. The van der Waals surface area contributed by atoms with Crippen molar-refractivity contribution in [3.8, 4) is 40.1 Å². The van der Waals surface area contributed by atoms with Gasteiger partial charge in [0.2, 0.25) is 0 Å². The lowest BCUT2D eigenvalue weighted by atomic mass is 9.98. The minimum atomic E-state index is -0.781. The van der Waals surface area contributed by atoms with Crippen molar-refractivity contribution in [3.05, 3.63) is 126 Å². The molecule has 0 bridgehead atoms. The van der Waals surface area contributed by atoms with Crippen LogP contribution in [0.25, 0.3) is 49.7 Å². The van der Waals surface area contributed by atoms with E-state index in [0.29, 0.717) is 5.56 Å². The van der Waals surface area contributed by atoms with Crippen LogP contribution in [0.15, 0.2) is 109 Å². The molecule has 0 saturated heterocycles. The molecule has 0 N–H and O–H groups in total. The molecule has 1 heterocycles. The fraction of sp³-hybridized carbons (Fsp3) is 0. The van der Waals surface area contributed by atoms with Crippen LogP contribution in [0.4, 0.5) is 4.39 Å². The molecule has 0 radical (unpaired) electrons. The van der Waals surface area contributed by atoms with Gasteiger partial charge >= 0.3 is 0 Å². The summed E-state index contributed by atoms with van der Waals surface area (Å²) in [4.78, 5) is 0. The summed E-state index contributed by atoms with van der Waals surface area (Å²) in [6.07, 6.45) is 0. The zero-order valence-corrected chi connectivity index (χ0v) is 19.1. The summed E-state index contributed by atoms with van der Waals surface area (Å²) < 4.78 is 16.6. The lowest BCUT2D eigenvalue weighted by molar-refractivity contribution is 0.620. The second kappa shape index (κ2) is 8.55. The third-order valence-electron chi connectivity index (χ3n) is 6.53. The highest BCUT2D eigenvalue weighted by Gasteiger charge is 2.16. The number of rotatable bonds is 3. The molecule has 5 aromatic carbocycles. The zero-order valence-electron chi connectivity index (χ0n) is 19.1. The first kappa shape index (κ1) is 21.4. The molecular weight excluding hydrogens is 445 g/mol. The quantitative estimate of drug-likeness (QED) is 0.267. The molecule has 6 rings (SSSR count). The third kappa shape index (κ3) is 3.41. The molecule has 0 unspecified atom stereocenters. The van der Waals surface area contributed by atoms with Gasteiger partial charge in [0.25, 0.3) is 0 Å². The molecule has 3 nitrogen and oxygen atoms in total. The van der Waals surface area contributed by atoms with Gasteiger partial charge in [0.05, 0.1) is 22.2 Å². The maximum Gasteiger partial charge on any atom is 0.158 e. The maximum atomic E-state index is 14.4. The number of fused-ring (bicyclic) bond motifs is 3. The van der Waals surface area contributed by atoms with Crippen molar-refractivity contribution in [2.45, 2.75) is 0 Å². The zero-order chi connectivity index (χ0) is 24.6. The first-order valence-electron chi connectivity index (χ1n) is 11.5. The summed E-state index contributed by atoms with van der Waals surface area (Å²) in [5, 5.41) is 21.0.